The van der Waals surface area contributed by atoms with Gasteiger partial charge in [0.25, 0.3) is 0 Å². The fourth-order valence-electron chi connectivity index (χ4n) is 4.85. The summed E-state index contributed by atoms with van der Waals surface area (Å²) in [5.41, 5.74) is 8.41. The highest BCUT2D eigenvalue weighted by Crippen LogP contribution is 2.38. The van der Waals surface area contributed by atoms with Crippen molar-refractivity contribution in [3.63, 3.8) is 0 Å². The molecule has 2 heterocycles. The third kappa shape index (κ3) is 4.25. The lowest BCUT2D eigenvalue weighted by molar-refractivity contribution is -0.138. The third-order valence-electron chi connectivity index (χ3n) is 6.70. The van der Waals surface area contributed by atoms with Crippen molar-refractivity contribution in [2.24, 2.45) is 17.6 Å². The number of nitrogens with zero attached hydrogens (tertiary/aromatic N) is 3. The summed E-state index contributed by atoms with van der Waals surface area (Å²) in [6.07, 6.45) is 9.64. The molecule has 1 amide bonds. The van der Waals surface area contributed by atoms with Gasteiger partial charge in [-0.05, 0) is 18.3 Å². The van der Waals surface area contributed by atoms with Crippen LogP contribution in [0.3, 0.4) is 0 Å². The van der Waals surface area contributed by atoms with Crippen LogP contribution in [0.15, 0.2) is 36.5 Å². The molecule has 1 aliphatic heterocycles. The Morgan fingerprint density at radius 1 is 1.14 bits per heavy atom. The number of amides is 1. The molecule has 0 bridgehead atoms. The first kappa shape index (κ1) is 20.1. The Labute approximate surface area is 174 Å². The molecule has 2 aliphatic rings. The average molecular weight is 395 g/mol. The lowest BCUT2D eigenvalue weighted by Crippen LogP contribution is -2.51. The van der Waals surface area contributed by atoms with E-state index >= 15 is 0 Å². The second-order valence-corrected chi connectivity index (χ2v) is 9.10. The normalized spacial score (nSPS) is 21.2. The quantitative estimate of drug-likeness (QED) is 0.818. The molecule has 1 aliphatic carbocycles. The van der Waals surface area contributed by atoms with Crippen LogP contribution >= 0.6 is 0 Å². The number of benzene rings is 1. The maximum Gasteiger partial charge on any atom is 0.240 e. The molecule has 0 spiro atoms. The van der Waals surface area contributed by atoms with Crippen LogP contribution in [0, 0.1) is 11.8 Å². The zero-order valence-corrected chi connectivity index (χ0v) is 17.8. The standard InChI is InChI=1S/C24H34N4O/c1-17(2)22(25)24(29)28-14-13-27-16-20(19-11-7-4-8-12-19)26-23(27)21(28)15-18-9-5-3-6-10-18/h4,7-8,11-12,16-18,21-22H,3,5-6,9-10,13-15,25H2,1-2H3/t21-,22-/m0/s1. The number of fused-ring (bicyclic) bond motifs is 1. The van der Waals surface area contributed by atoms with E-state index in [0.29, 0.717) is 12.5 Å². The monoisotopic (exact) mass is 394 g/mol. The van der Waals surface area contributed by atoms with Gasteiger partial charge >= 0.3 is 0 Å². The maximum absolute atomic E-state index is 13.2. The van der Waals surface area contributed by atoms with E-state index < -0.39 is 6.04 Å². The van der Waals surface area contributed by atoms with Gasteiger partial charge in [-0.2, -0.15) is 0 Å². The molecule has 1 fully saturated rings. The molecule has 5 nitrogen and oxygen atoms in total. The van der Waals surface area contributed by atoms with E-state index in [2.05, 4.69) is 22.9 Å². The SMILES string of the molecule is CC(C)[C@H](N)C(=O)N1CCn2cc(-c3ccccc3)nc2[C@@H]1CC1CCCCC1. The summed E-state index contributed by atoms with van der Waals surface area (Å²) >= 11 is 0. The fourth-order valence-corrected chi connectivity index (χ4v) is 4.85. The number of carbonyl (C=O) groups excluding carboxylic acids is 1. The van der Waals surface area contributed by atoms with Gasteiger partial charge in [0, 0.05) is 24.8 Å². The molecule has 1 aromatic heterocycles. The second-order valence-electron chi connectivity index (χ2n) is 9.10. The number of nitrogens with two attached hydrogens (primary N) is 1. The summed E-state index contributed by atoms with van der Waals surface area (Å²) in [7, 11) is 0. The third-order valence-corrected chi connectivity index (χ3v) is 6.70. The predicted molar refractivity (Wildman–Crippen MR) is 116 cm³/mol. The van der Waals surface area contributed by atoms with Crippen LogP contribution in [0.1, 0.15) is 64.2 Å². The van der Waals surface area contributed by atoms with E-state index in [1.807, 2.05) is 36.9 Å². The van der Waals surface area contributed by atoms with Crippen LogP contribution in [-0.4, -0.2) is 32.9 Å². The van der Waals surface area contributed by atoms with Gasteiger partial charge in [-0.3, -0.25) is 4.79 Å². The van der Waals surface area contributed by atoms with E-state index in [1.54, 1.807) is 0 Å². The van der Waals surface area contributed by atoms with Crippen LogP contribution in [0.5, 0.6) is 0 Å². The molecule has 2 aromatic rings. The van der Waals surface area contributed by atoms with E-state index in [-0.39, 0.29) is 17.9 Å². The highest BCUT2D eigenvalue weighted by molar-refractivity contribution is 5.82. The Kier molecular flexibility index (Phi) is 6.04. The van der Waals surface area contributed by atoms with Crippen molar-refractivity contribution in [2.45, 2.75) is 71.0 Å². The molecule has 5 heteroatoms. The van der Waals surface area contributed by atoms with E-state index in [9.17, 15) is 4.79 Å². The average Bonchev–Trinajstić information content (AvgIpc) is 3.19. The Morgan fingerprint density at radius 2 is 1.86 bits per heavy atom. The van der Waals surface area contributed by atoms with Gasteiger partial charge in [-0.1, -0.05) is 76.3 Å². The molecule has 0 saturated heterocycles. The molecule has 1 aromatic carbocycles. The van der Waals surface area contributed by atoms with Gasteiger partial charge in [0.2, 0.25) is 5.91 Å². The minimum Gasteiger partial charge on any atom is -0.331 e. The van der Waals surface area contributed by atoms with Crippen LogP contribution in [0.25, 0.3) is 11.3 Å². The van der Waals surface area contributed by atoms with E-state index in [4.69, 9.17) is 10.7 Å². The zero-order valence-electron chi connectivity index (χ0n) is 17.8. The van der Waals surface area contributed by atoms with Crippen LogP contribution in [0.2, 0.25) is 0 Å². The zero-order chi connectivity index (χ0) is 20.4. The molecule has 29 heavy (non-hydrogen) atoms. The van der Waals surface area contributed by atoms with Crippen molar-refractivity contribution >= 4 is 5.91 Å². The van der Waals surface area contributed by atoms with Crippen LogP contribution < -0.4 is 5.73 Å². The van der Waals surface area contributed by atoms with Crippen LogP contribution in [-0.2, 0) is 11.3 Å². The predicted octanol–water partition coefficient (Wildman–Crippen LogP) is 4.39. The topological polar surface area (TPSA) is 64.2 Å². The first-order valence-corrected chi connectivity index (χ1v) is 11.2. The highest BCUT2D eigenvalue weighted by atomic mass is 16.2. The highest BCUT2D eigenvalue weighted by Gasteiger charge is 2.37. The lowest BCUT2D eigenvalue weighted by Gasteiger charge is -2.40. The minimum atomic E-state index is -0.445. The summed E-state index contributed by atoms with van der Waals surface area (Å²) in [5.74, 6) is 1.92. The first-order chi connectivity index (χ1) is 14.0. The van der Waals surface area contributed by atoms with Crippen molar-refractivity contribution in [2.75, 3.05) is 6.54 Å². The summed E-state index contributed by atoms with van der Waals surface area (Å²) in [6.45, 7) is 5.55. The first-order valence-electron chi connectivity index (χ1n) is 11.2. The summed E-state index contributed by atoms with van der Waals surface area (Å²) in [5, 5.41) is 0. The van der Waals surface area contributed by atoms with Gasteiger partial charge in [-0.25, -0.2) is 4.98 Å². The molecule has 4 rings (SSSR count). The Bertz CT molecular complexity index is 823. The van der Waals surface area contributed by atoms with Crippen molar-refractivity contribution in [1.29, 1.82) is 0 Å². The van der Waals surface area contributed by atoms with Crippen molar-refractivity contribution in [1.82, 2.24) is 14.5 Å². The van der Waals surface area contributed by atoms with E-state index in [0.717, 1.165) is 30.0 Å². The molecular weight excluding hydrogens is 360 g/mol. The number of imidazole rings is 1. The molecule has 0 unspecified atom stereocenters. The van der Waals surface area contributed by atoms with Gasteiger partial charge in [0.05, 0.1) is 17.8 Å². The fraction of sp³-hybridized carbons (Fsp3) is 0.583. The number of aromatic nitrogens is 2. The van der Waals surface area contributed by atoms with Crippen molar-refractivity contribution in [3.8, 4) is 11.3 Å². The van der Waals surface area contributed by atoms with Crippen molar-refractivity contribution in [3.05, 3.63) is 42.4 Å². The maximum atomic E-state index is 13.2. The largest absolute Gasteiger partial charge is 0.331 e. The Balaban J connectivity index is 1.66. The smallest absolute Gasteiger partial charge is 0.240 e. The lowest BCUT2D eigenvalue weighted by atomic mass is 9.83. The summed E-state index contributed by atoms with van der Waals surface area (Å²) < 4.78 is 2.26. The van der Waals surface area contributed by atoms with Gasteiger partial charge in [0.1, 0.15) is 5.82 Å². The van der Waals surface area contributed by atoms with Gasteiger partial charge < -0.3 is 15.2 Å². The number of hydrogen-bond acceptors (Lipinski definition) is 3. The Hall–Kier alpha value is -2.14. The molecule has 1 saturated carbocycles. The summed E-state index contributed by atoms with van der Waals surface area (Å²) in [4.78, 5) is 20.3. The number of rotatable bonds is 5. The Morgan fingerprint density at radius 3 is 2.55 bits per heavy atom. The minimum absolute atomic E-state index is 0.0293. The summed E-state index contributed by atoms with van der Waals surface area (Å²) in [6, 6.07) is 9.90. The van der Waals surface area contributed by atoms with Crippen molar-refractivity contribution < 1.29 is 4.79 Å². The molecule has 156 valence electrons. The van der Waals surface area contributed by atoms with Gasteiger partial charge in [0.15, 0.2) is 0 Å². The van der Waals surface area contributed by atoms with E-state index in [1.165, 1.54) is 32.1 Å². The molecule has 2 atom stereocenters. The molecular formula is C24H34N4O. The number of carbonyl (C=O) groups is 1. The van der Waals surface area contributed by atoms with Crippen LogP contribution in [0.4, 0.5) is 0 Å². The van der Waals surface area contributed by atoms with Gasteiger partial charge in [-0.15, -0.1) is 0 Å². The molecule has 2 N–H and O–H groups in total. The number of hydrogen-bond donors (Lipinski definition) is 1. The second kappa shape index (κ2) is 8.70. The molecule has 0 radical (unpaired) electrons.